The molecule has 2 aromatic carbocycles. The quantitative estimate of drug-likeness (QED) is 0.379. The maximum atomic E-state index is 12.2. The summed E-state index contributed by atoms with van der Waals surface area (Å²) in [5.41, 5.74) is 2.44. The van der Waals surface area contributed by atoms with E-state index in [0.717, 1.165) is 14.5 Å². The number of carbonyl (C=O) groups excluding carboxylic acids is 1. The zero-order valence-corrected chi connectivity index (χ0v) is 15.1. The lowest BCUT2D eigenvalue weighted by Gasteiger charge is -2.25. The number of rotatable bonds is 3. The number of hydrazone groups is 1. The van der Waals surface area contributed by atoms with Gasteiger partial charge in [0, 0.05) is 0 Å². The van der Waals surface area contributed by atoms with E-state index in [0.29, 0.717) is 17.3 Å². The molecule has 1 atom stereocenters. The number of benzene rings is 2. The van der Waals surface area contributed by atoms with Crippen molar-refractivity contribution in [1.29, 1.82) is 0 Å². The van der Waals surface area contributed by atoms with Crippen LogP contribution in [-0.2, 0) is 4.79 Å². The summed E-state index contributed by atoms with van der Waals surface area (Å²) >= 11 is 2.05. The fraction of sp³-hybridized carbons (Fsp3) is 0.111. The molecule has 7 heteroatoms. The van der Waals surface area contributed by atoms with Crippen LogP contribution in [-0.4, -0.2) is 24.8 Å². The molecule has 0 fully saturated rings. The van der Waals surface area contributed by atoms with Gasteiger partial charge in [-0.3, -0.25) is 4.79 Å². The van der Waals surface area contributed by atoms with Gasteiger partial charge in [-0.15, -0.1) is 0 Å². The molecule has 0 radical (unpaired) electrons. The lowest BCUT2D eigenvalue weighted by atomic mass is 10.1. The van der Waals surface area contributed by atoms with Crippen LogP contribution in [0.15, 0.2) is 58.0 Å². The number of furan rings is 1. The van der Waals surface area contributed by atoms with Crippen molar-refractivity contribution >= 4 is 45.5 Å². The third kappa shape index (κ3) is 3.46. The second kappa shape index (κ2) is 6.75. The summed E-state index contributed by atoms with van der Waals surface area (Å²) in [6, 6.07) is 15.3. The molecule has 1 aliphatic rings. The van der Waals surface area contributed by atoms with E-state index in [1.807, 2.05) is 42.5 Å². The molecule has 1 aliphatic heterocycles. The molecule has 0 aliphatic carbocycles. The van der Waals surface area contributed by atoms with Crippen molar-refractivity contribution < 1.29 is 18.7 Å². The highest BCUT2D eigenvalue weighted by Gasteiger charge is 2.27. The number of nitrogens with one attached hydrogen (secondary N) is 1. The summed E-state index contributed by atoms with van der Waals surface area (Å²) in [6.45, 7) is 0.130. The molecule has 126 valence electrons. The monoisotopic (exact) mass is 448 g/mol. The van der Waals surface area contributed by atoms with E-state index in [4.69, 9.17) is 13.9 Å². The highest BCUT2D eigenvalue weighted by atomic mass is 127. The summed E-state index contributed by atoms with van der Waals surface area (Å²) in [4.78, 5) is 12.2. The molecule has 1 aromatic heterocycles. The average Bonchev–Trinajstić information content (AvgIpc) is 3.04. The van der Waals surface area contributed by atoms with Crippen LogP contribution in [0.2, 0.25) is 0 Å². The number of carbonyl (C=O) groups is 1. The Balaban J connectivity index is 1.45. The zero-order chi connectivity index (χ0) is 17.2. The number of hydrogen-bond acceptors (Lipinski definition) is 5. The molecule has 6 nitrogen and oxygen atoms in total. The predicted molar refractivity (Wildman–Crippen MR) is 101 cm³/mol. The first kappa shape index (κ1) is 15.9. The van der Waals surface area contributed by atoms with Gasteiger partial charge in [0.1, 0.15) is 12.4 Å². The molecule has 2 heterocycles. The zero-order valence-electron chi connectivity index (χ0n) is 12.9. The van der Waals surface area contributed by atoms with Crippen LogP contribution in [0.25, 0.3) is 10.8 Å². The van der Waals surface area contributed by atoms with Gasteiger partial charge in [-0.1, -0.05) is 24.3 Å². The summed E-state index contributed by atoms with van der Waals surface area (Å²) in [7, 11) is 0. The van der Waals surface area contributed by atoms with Crippen molar-refractivity contribution in [3.63, 3.8) is 0 Å². The van der Waals surface area contributed by atoms with Crippen molar-refractivity contribution in [3.05, 3.63) is 58.1 Å². The van der Waals surface area contributed by atoms with E-state index >= 15 is 0 Å². The van der Waals surface area contributed by atoms with Crippen LogP contribution in [0.4, 0.5) is 0 Å². The minimum absolute atomic E-state index is 0.130. The molecule has 0 saturated heterocycles. The van der Waals surface area contributed by atoms with Crippen molar-refractivity contribution in [2.45, 2.75) is 6.10 Å². The lowest BCUT2D eigenvalue weighted by Crippen LogP contribution is -2.42. The molecule has 25 heavy (non-hydrogen) atoms. The highest BCUT2D eigenvalue weighted by molar-refractivity contribution is 14.1. The van der Waals surface area contributed by atoms with Gasteiger partial charge in [0.2, 0.25) is 6.10 Å². The third-order valence-electron chi connectivity index (χ3n) is 3.72. The fourth-order valence-corrected chi connectivity index (χ4v) is 2.95. The first-order chi connectivity index (χ1) is 12.2. The van der Waals surface area contributed by atoms with E-state index < -0.39 is 6.10 Å². The Morgan fingerprint density at radius 1 is 1.16 bits per heavy atom. The van der Waals surface area contributed by atoms with Crippen molar-refractivity contribution in [1.82, 2.24) is 5.43 Å². The summed E-state index contributed by atoms with van der Waals surface area (Å²) in [5.74, 6) is 1.37. The lowest BCUT2D eigenvalue weighted by molar-refractivity contribution is -0.130. The average molecular weight is 448 g/mol. The van der Waals surface area contributed by atoms with Crippen LogP contribution in [0, 0.1) is 3.77 Å². The second-order valence-electron chi connectivity index (χ2n) is 5.44. The summed E-state index contributed by atoms with van der Waals surface area (Å²) in [5, 5.41) is 5.96. The smallest absolute Gasteiger partial charge is 0.284 e. The SMILES string of the molecule is O=C(NN=Cc1ccc(I)o1)C1COc2cc3ccccc3cc2O1. The van der Waals surface area contributed by atoms with E-state index in [-0.39, 0.29) is 12.5 Å². The molecule has 4 rings (SSSR count). The Kier molecular flexibility index (Phi) is 4.31. The molecule has 1 N–H and O–H groups in total. The maximum Gasteiger partial charge on any atom is 0.284 e. The molecular weight excluding hydrogens is 435 g/mol. The highest BCUT2D eigenvalue weighted by Crippen LogP contribution is 2.35. The first-order valence-corrected chi connectivity index (χ1v) is 8.67. The largest absolute Gasteiger partial charge is 0.485 e. The van der Waals surface area contributed by atoms with Crippen LogP contribution in [0.5, 0.6) is 11.5 Å². The third-order valence-corrected chi connectivity index (χ3v) is 4.30. The first-order valence-electron chi connectivity index (χ1n) is 7.59. The van der Waals surface area contributed by atoms with Crippen molar-refractivity contribution in [2.24, 2.45) is 5.10 Å². The number of ether oxygens (including phenoxy) is 2. The van der Waals surface area contributed by atoms with Gasteiger partial charge in [-0.05, 0) is 57.6 Å². The topological polar surface area (TPSA) is 73.1 Å². The van der Waals surface area contributed by atoms with E-state index in [1.54, 1.807) is 6.07 Å². The minimum atomic E-state index is -0.762. The van der Waals surface area contributed by atoms with Crippen LogP contribution < -0.4 is 14.9 Å². The second-order valence-corrected chi connectivity index (χ2v) is 6.50. The van der Waals surface area contributed by atoms with Crippen LogP contribution in [0.3, 0.4) is 0 Å². The standard InChI is InChI=1S/C18H13IN2O4/c19-17-6-5-13(24-17)9-20-21-18(22)16-10-23-14-7-11-3-1-2-4-12(11)8-15(14)25-16/h1-9,16H,10H2,(H,21,22). The number of amides is 1. The number of hydrogen-bond donors (Lipinski definition) is 1. The Morgan fingerprint density at radius 2 is 1.92 bits per heavy atom. The number of fused-ring (bicyclic) bond motifs is 2. The molecule has 0 spiro atoms. The predicted octanol–water partition coefficient (Wildman–Crippen LogP) is 3.33. The number of nitrogens with zero attached hydrogens (tertiary/aromatic N) is 1. The Morgan fingerprint density at radius 3 is 2.64 bits per heavy atom. The Labute approximate surface area is 156 Å². The Hall–Kier alpha value is -2.55. The van der Waals surface area contributed by atoms with Gasteiger partial charge in [0.05, 0.1) is 6.21 Å². The maximum absolute atomic E-state index is 12.2. The minimum Gasteiger partial charge on any atom is -0.485 e. The van der Waals surface area contributed by atoms with Crippen molar-refractivity contribution in [2.75, 3.05) is 6.61 Å². The van der Waals surface area contributed by atoms with Crippen LogP contribution in [0.1, 0.15) is 5.76 Å². The molecule has 0 bridgehead atoms. The molecule has 1 unspecified atom stereocenters. The molecule has 0 saturated carbocycles. The summed E-state index contributed by atoms with van der Waals surface area (Å²) in [6.07, 6.45) is 0.674. The van der Waals surface area contributed by atoms with Gasteiger partial charge in [0.25, 0.3) is 5.91 Å². The van der Waals surface area contributed by atoms with Gasteiger partial charge < -0.3 is 13.9 Å². The van der Waals surface area contributed by atoms with E-state index in [2.05, 4.69) is 33.1 Å². The van der Waals surface area contributed by atoms with Crippen LogP contribution >= 0.6 is 22.6 Å². The fourth-order valence-electron chi connectivity index (χ4n) is 2.51. The summed E-state index contributed by atoms with van der Waals surface area (Å²) < 4.78 is 17.5. The van der Waals surface area contributed by atoms with Crippen molar-refractivity contribution in [3.8, 4) is 11.5 Å². The van der Waals surface area contributed by atoms with E-state index in [1.165, 1.54) is 6.21 Å². The number of halogens is 1. The van der Waals surface area contributed by atoms with Gasteiger partial charge in [0.15, 0.2) is 15.3 Å². The van der Waals surface area contributed by atoms with Gasteiger partial charge >= 0.3 is 0 Å². The molecular formula is C18H13IN2O4. The van der Waals surface area contributed by atoms with Gasteiger partial charge in [-0.2, -0.15) is 5.10 Å². The molecule has 3 aromatic rings. The Bertz CT molecular complexity index is 967. The van der Waals surface area contributed by atoms with E-state index in [9.17, 15) is 4.79 Å². The molecule has 1 amide bonds. The normalized spacial score (nSPS) is 16.3. The van der Waals surface area contributed by atoms with Gasteiger partial charge in [-0.25, -0.2) is 5.43 Å².